The summed E-state index contributed by atoms with van der Waals surface area (Å²) < 4.78 is 35.2. The number of hydrogen-bond donors (Lipinski definition) is 1. The molecule has 8 nitrogen and oxygen atoms in total. The van der Waals surface area contributed by atoms with Crippen molar-refractivity contribution in [2.24, 2.45) is 5.92 Å². The van der Waals surface area contributed by atoms with E-state index < -0.39 is 28.5 Å². The van der Waals surface area contributed by atoms with Gasteiger partial charge in [0.2, 0.25) is 11.8 Å². The van der Waals surface area contributed by atoms with Crippen molar-refractivity contribution in [1.29, 1.82) is 0 Å². The molecule has 0 heterocycles. The number of benzene rings is 4. The number of carbonyl (C=O) groups excluding carboxylic acids is 2. The van der Waals surface area contributed by atoms with Crippen molar-refractivity contribution in [3.63, 3.8) is 0 Å². The van der Waals surface area contributed by atoms with Crippen molar-refractivity contribution in [1.82, 2.24) is 10.2 Å². The molecular formula is C37H42ClN3O5S. The highest BCUT2D eigenvalue weighted by molar-refractivity contribution is 7.92. The number of nitrogens with zero attached hydrogens (tertiary/aromatic N) is 2. The van der Waals surface area contributed by atoms with Gasteiger partial charge in [-0.25, -0.2) is 8.42 Å². The third-order valence-corrected chi connectivity index (χ3v) is 9.70. The first-order chi connectivity index (χ1) is 22.4. The van der Waals surface area contributed by atoms with Gasteiger partial charge in [0.1, 0.15) is 18.3 Å². The molecule has 4 aromatic rings. The van der Waals surface area contributed by atoms with Crippen LogP contribution in [0, 0.1) is 19.8 Å². The lowest BCUT2D eigenvalue weighted by Crippen LogP contribution is -2.53. The van der Waals surface area contributed by atoms with Gasteiger partial charge in [-0.05, 0) is 61.2 Å². The highest BCUT2D eigenvalue weighted by Gasteiger charge is 2.35. The normalized spacial score (nSPS) is 12.0. The summed E-state index contributed by atoms with van der Waals surface area (Å²) in [6, 6.07) is 27.2. The van der Waals surface area contributed by atoms with Crippen LogP contribution in [0.2, 0.25) is 5.02 Å². The Morgan fingerprint density at radius 3 is 2.17 bits per heavy atom. The smallest absolute Gasteiger partial charge is 0.264 e. The Kier molecular flexibility index (Phi) is 12.1. The van der Waals surface area contributed by atoms with Crippen molar-refractivity contribution in [3.8, 4) is 5.75 Å². The van der Waals surface area contributed by atoms with Gasteiger partial charge in [0, 0.05) is 24.5 Å². The van der Waals surface area contributed by atoms with Crippen LogP contribution in [0.4, 0.5) is 5.69 Å². The fourth-order valence-corrected chi connectivity index (χ4v) is 6.78. The molecule has 2 amide bonds. The van der Waals surface area contributed by atoms with Crippen LogP contribution in [-0.4, -0.2) is 51.4 Å². The average Bonchev–Trinajstić information content (AvgIpc) is 3.04. The molecule has 0 saturated heterocycles. The van der Waals surface area contributed by atoms with E-state index in [0.29, 0.717) is 6.54 Å². The van der Waals surface area contributed by atoms with Gasteiger partial charge in [0.25, 0.3) is 10.0 Å². The summed E-state index contributed by atoms with van der Waals surface area (Å²) in [7, 11) is -2.89. The number of hydrogen-bond acceptors (Lipinski definition) is 5. The van der Waals surface area contributed by atoms with Gasteiger partial charge in [-0.15, -0.1) is 0 Å². The Hall–Kier alpha value is -4.34. The van der Waals surface area contributed by atoms with Crippen molar-refractivity contribution < 1.29 is 22.7 Å². The Morgan fingerprint density at radius 2 is 1.53 bits per heavy atom. The molecule has 0 spiro atoms. The molecule has 0 aliphatic carbocycles. The number of ether oxygens (including phenoxy) is 1. The van der Waals surface area contributed by atoms with E-state index in [4.69, 9.17) is 16.3 Å². The zero-order valence-corrected chi connectivity index (χ0v) is 29.0. The van der Waals surface area contributed by atoms with Crippen LogP contribution < -0.4 is 14.4 Å². The Balaban J connectivity index is 1.85. The minimum atomic E-state index is -4.31. The SMILES string of the molecule is COc1ccc(Cl)cc1N(CC(=O)N(Cc1cccc(C)c1)[C@H](Cc1ccccc1)C(=O)NCC(C)C)S(=O)(=O)c1ccc(C)cc1. The second kappa shape index (κ2) is 16.0. The zero-order chi connectivity index (χ0) is 34.1. The number of anilines is 1. The Labute approximate surface area is 283 Å². The molecule has 248 valence electrons. The number of amides is 2. The van der Waals surface area contributed by atoms with Gasteiger partial charge in [-0.2, -0.15) is 0 Å². The van der Waals surface area contributed by atoms with E-state index in [1.807, 2.05) is 82.3 Å². The molecule has 4 rings (SSSR count). The summed E-state index contributed by atoms with van der Waals surface area (Å²) in [6.45, 7) is 7.69. The molecule has 0 bridgehead atoms. The minimum absolute atomic E-state index is 0.00123. The number of methoxy groups -OCH3 is 1. The summed E-state index contributed by atoms with van der Waals surface area (Å²) >= 11 is 6.37. The van der Waals surface area contributed by atoms with Gasteiger partial charge < -0.3 is 15.0 Å². The van der Waals surface area contributed by atoms with Crippen LogP contribution in [0.25, 0.3) is 0 Å². The first-order valence-electron chi connectivity index (χ1n) is 15.5. The lowest BCUT2D eigenvalue weighted by atomic mass is 10.0. The monoisotopic (exact) mass is 675 g/mol. The highest BCUT2D eigenvalue weighted by atomic mass is 35.5. The lowest BCUT2D eigenvalue weighted by molar-refractivity contribution is -0.140. The van der Waals surface area contributed by atoms with Crippen LogP contribution in [0.5, 0.6) is 5.75 Å². The van der Waals surface area contributed by atoms with Crippen LogP contribution in [0.3, 0.4) is 0 Å². The fraction of sp³-hybridized carbons (Fsp3) is 0.297. The molecule has 0 aromatic heterocycles. The number of halogens is 1. The number of aryl methyl sites for hydroxylation is 2. The van der Waals surface area contributed by atoms with E-state index in [1.165, 1.54) is 30.2 Å². The Bertz CT molecular complexity index is 1780. The maximum atomic E-state index is 14.7. The largest absolute Gasteiger partial charge is 0.495 e. The topological polar surface area (TPSA) is 96.0 Å². The summed E-state index contributed by atoms with van der Waals surface area (Å²) in [6.07, 6.45) is 0.230. The van der Waals surface area contributed by atoms with Crippen LogP contribution in [0.15, 0.2) is 102 Å². The molecule has 0 aliphatic heterocycles. The van der Waals surface area contributed by atoms with Crippen molar-refractivity contribution in [3.05, 3.63) is 124 Å². The molecule has 0 radical (unpaired) electrons. The van der Waals surface area contributed by atoms with Gasteiger partial charge in [0.15, 0.2) is 0 Å². The van der Waals surface area contributed by atoms with Crippen molar-refractivity contribution in [2.45, 2.75) is 51.6 Å². The van der Waals surface area contributed by atoms with E-state index in [2.05, 4.69) is 5.32 Å². The first kappa shape index (κ1) is 35.5. The Morgan fingerprint density at radius 1 is 0.851 bits per heavy atom. The average molecular weight is 676 g/mol. The molecule has 4 aromatic carbocycles. The lowest BCUT2D eigenvalue weighted by Gasteiger charge is -2.34. The van der Waals surface area contributed by atoms with E-state index in [9.17, 15) is 18.0 Å². The predicted octanol–water partition coefficient (Wildman–Crippen LogP) is 6.57. The standard InChI is InChI=1S/C37H42ClN3O5S/c1-26(2)23-39-37(43)34(21-29-11-7-6-8-12-29)40(24-30-13-9-10-28(4)20-30)36(42)25-41(33-22-31(38)16-19-35(33)46-5)47(44,45)32-17-14-27(3)15-18-32/h6-20,22,26,34H,21,23-25H2,1-5H3,(H,39,43)/t34-/m1/s1. The third kappa shape index (κ3) is 9.36. The minimum Gasteiger partial charge on any atom is -0.495 e. The number of rotatable bonds is 14. The van der Waals surface area contributed by atoms with Gasteiger partial charge in [-0.1, -0.05) is 103 Å². The number of sulfonamides is 1. The molecular weight excluding hydrogens is 634 g/mol. The summed E-state index contributed by atoms with van der Waals surface area (Å²) in [5.41, 5.74) is 3.65. The molecule has 0 unspecified atom stereocenters. The van der Waals surface area contributed by atoms with E-state index in [1.54, 1.807) is 24.3 Å². The summed E-state index contributed by atoms with van der Waals surface area (Å²) in [4.78, 5) is 30.1. The molecule has 1 N–H and O–H groups in total. The van der Waals surface area contributed by atoms with E-state index in [-0.39, 0.29) is 46.1 Å². The van der Waals surface area contributed by atoms with Gasteiger partial charge in [-0.3, -0.25) is 13.9 Å². The fourth-order valence-electron chi connectivity index (χ4n) is 5.19. The molecule has 47 heavy (non-hydrogen) atoms. The van der Waals surface area contributed by atoms with Crippen molar-refractivity contribution >= 4 is 39.1 Å². The zero-order valence-electron chi connectivity index (χ0n) is 27.4. The van der Waals surface area contributed by atoms with Crippen molar-refractivity contribution in [2.75, 3.05) is 24.5 Å². The maximum Gasteiger partial charge on any atom is 0.264 e. The molecule has 0 fully saturated rings. The van der Waals surface area contributed by atoms with E-state index in [0.717, 1.165) is 26.6 Å². The molecule has 1 atom stereocenters. The number of nitrogens with one attached hydrogen (secondary N) is 1. The first-order valence-corrected chi connectivity index (χ1v) is 17.3. The second-order valence-electron chi connectivity index (χ2n) is 12.0. The van der Waals surface area contributed by atoms with Crippen LogP contribution in [-0.2, 0) is 32.6 Å². The third-order valence-electron chi connectivity index (χ3n) is 7.69. The predicted molar refractivity (Wildman–Crippen MR) is 187 cm³/mol. The molecule has 0 aliphatic rings. The molecule has 0 saturated carbocycles. The maximum absolute atomic E-state index is 14.7. The summed E-state index contributed by atoms with van der Waals surface area (Å²) in [5, 5.41) is 3.27. The summed E-state index contributed by atoms with van der Waals surface area (Å²) in [5.74, 6) is -0.483. The second-order valence-corrected chi connectivity index (χ2v) is 14.3. The van der Waals surface area contributed by atoms with E-state index >= 15 is 0 Å². The van der Waals surface area contributed by atoms with Crippen LogP contribution >= 0.6 is 11.6 Å². The van der Waals surface area contributed by atoms with Gasteiger partial charge >= 0.3 is 0 Å². The quantitative estimate of drug-likeness (QED) is 0.163. The number of carbonyl (C=O) groups is 2. The highest BCUT2D eigenvalue weighted by Crippen LogP contribution is 2.35. The van der Waals surface area contributed by atoms with Crippen LogP contribution in [0.1, 0.15) is 36.1 Å². The van der Waals surface area contributed by atoms with Gasteiger partial charge in [0.05, 0.1) is 17.7 Å². The molecule has 10 heteroatoms.